The smallest absolute Gasteiger partial charge is 0.456 e. The SMILES string of the molecule is CN(C)CC1(C)Oc2ccccc2-n2c(C(=O)C(F)(F)F)ccc21. The number of likely N-dealkylation sites (N-methyl/N-ethyl adjacent to an activating group) is 1. The first kappa shape index (κ1) is 16.6. The zero-order valence-corrected chi connectivity index (χ0v) is 13.5. The molecule has 1 atom stereocenters. The van der Waals surface area contributed by atoms with Gasteiger partial charge in [-0.05, 0) is 45.3 Å². The molecule has 1 aliphatic rings. The topological polar surface area (TPSA) is 34.5 Å². The second-order valence-corrected chi connectivity index (χ2v) is 6.30. The fourth-order valence-corrected chi connectivity index (χ4v) is 3.17. The Labute approximate surface area is 137 Å². The van der Waals surface area contributed by atoms with Gasteiger partial charge < -0.3 is 14.2 Å². The van der Waals surface area contributed by atoms with Gasteiger partial charge in [0.2, 0.25) is 0 Å². The van der Waals surface area contributed by atoms with Gasteiger partial charge in [-0.15, -0.1) is 0 Å². The van der Waals surface area contributed by atoms with Gasteiger partial charge in [0.05, 0.1) is 17.1 Å². The maximum atomic E-state index is 13.0. The maximum Gasteiger partial charge on any atom is 0.456 e. The molecule has 4 nitrogen and oxygen atoms in total. The molecule has 0 saturated carbocycles. The summed E-state index contributed by atoms with van der Waals surface area (Å²) in [6.45, 7) is 2.25. The van der Waals surface area contributed by atoms with Gasteiger partial charge >= 0.3 is 6.18 Å². The van der Waals surface area contributed by atoms with Crippen molar-refractivity contribution in [3.8, 4) is 11.4 Å². The fourth-order valence-electron chi connectivity index (χ4n) is 3.17. The highest BCUT2D eigenvalue weighted by molar-refractivity contribution is 6.00. The number of aromatic nitrogens is 1. The van der Waals surface area contributed by atoms with E-state index >= 15 is 0 Å². The third kappa shape index (κ3) is 2.58. The molecule has 24 heavy (non-hydrogen) atoms. The van der Waals surface area contributed by atoms with Crippen LogP contribution in [0.3, 0.4) is 0 Å². The molecule has 2 heterocycles. The van der Waals surface area contributed by atoms with Crippen LogP contribution in [0.25, 0.3) is 5.69 Å². The number of hydrogen-bond donors (Lipinski definition) is 0. The Morgan fingerprint density at radius 2 is 1.88 bits per heavy atom. The summed E-state index contributed by atoms with van der Waals surface area (Å²) in [6.07, 6.45) is -4.93. The lowest BCUT2D eigenvalue weighted by Gasteiger charge is -2.39. The minimum atomic E-state index is -4.93. The first-order chi connectivity index (χ1) is 11.1. The van der Waals surface area contributed by atoms with Gasteiger partial charge in [0.15, 0.2) is 5.60 Å². The zero-order chi connectivity index (χ0) is 17.7. The van der Waals surface area contributed by atoms with Gasteiger partial charge in [-0.3, -0.25) is 4.79 Å². The molecule has 1 aliphatic heterocycles. The number of ether oxygens (including phenoxy) is 1. The summed E-state index contributed by atoms with van der Waals surface area (Å²) in [7, 11) is 3.70. The maximum absolute atomic E-state index is 13.0. The predicted octanol–water partition coefficient (Wildman–Crippen LogP) is 3.39. The molecule has 7 heteroatoms. The minimum absolute atomic E-state index is 0.404. The molecule has 1 unspecified atom stereocenters. The van der Waals surface area contributed by atoms with Crippen molar-refractivity contribution in [3.05, 3.63) is 47.8 Å². The van der Waals surface area contributed by atoms with Crippen LogP contribution in [-0.2, 0) is 5.60 Å². The van der Waals surface area contributed by atoms with Crippen LogP contribution in [0, 0.1) is 0 Å². The minimum Gasteiger partial charge on any atom is -0.478 e. The van der Waals surface area contributed by atoms with Crippen LogP contribution in [0.15, 0.2) is 36.4 Å². The van der Waals surface area contributed by atoms with Crippen molar-refractivity contribution in [2.45, 2.75) is 18.7 Å². The number of benzene rings is 1. The summed E-state index contributed by atoms with van der Waals surface area (Å²) >= 11 is 0. The van der Waals surface area contributed by atoms with Crippen molar-refractivity contribution in [2.24, 2.45) is 0 Å². The molecule has 0 spiro atoms. The molecule has 0 bridgehead atoms. The van der Waals surface area contributed by atoms with E-state index in [0.29, 0.717) is 23.7 Å². The van der Waals surface area contributed by atoms with Crippen molar-refractivity contribution < 1.29 is 22.7 Å². The van der Waals surface area contributed by atoms with E-state index in [2.05, 4.69) is 0 Å². The van der Waals surface area contributed by atoms with Crippen LogP contribution >= 0.6 is 0 Å². The summed E-state index contributed by atoms with van der Waals surface area (Å²) in [5.74, 6) is -1.42. The first-order valence-electron chi connectivity index (χ1n) is 7.40. The number of fused-ring (bicyclic) bond motifs is 3. The number of nitrogens with zero attached hydrogens (tertiary/aromatic N) is 2. The summed E-state index contributed by atoms with van der Waals surface area (Å²) in [4.78, 5) is 13.7. The van der Waals surface area contributed by atoms with Crippen LogP contribution in [0.2, 0.25) is 0 Å². The van der Waals surface area contributed by atoms with Crippen LogP contribution < -0.4 is 4.74 Å². The summed E-state index contributed by atoms with van der Waals surface area (Å²) in [5.41, 5.74) is -0.329. The molecule has 2 aromatic rings. The largest absolute Gasteiger partial charge is 0.478 e. The second kappa shape index (κ2) is 5.37. The van der Waals surface area contributed by atoms with Crippen molar-refractivity contribution in [2.75, 3.05) is 20.6 Å². The molecule has 0 saturated heterocycles. The van der Waals surface area contributed by atoms with E-state index in [4.69, 9.17) is 4.74 Å². The van der Waals surface area contributed by atoms with Crippen LogP contribution in [-0.4, -0.2) is 42.1 Å². The second-order valence-electron chi connectivity index (χ2n) is 6.30. The summed E-state index contributed by atoms with van der Waals surface area (Å²) in [5, 5.41) is 0. The van der Waals surface area contributed by atoms with E-state index in [1.54, 1.807) is 31.2 Å². The molecular formula is C17H17F3N2O2. The Kier molecular flexibility index (Phi) is 3.71. The standard InChI is InChI=1S/C17H17F3N2O2/c1-16(10-21(2)3)14-9-8-12(15(23)17(18,19)20)22(14)11-6-4-5-7-13(11)24-16/h4-9H,10H2,1-3H3. The Bertz CT molecular complexity index is 795. The highest BCUT2D eigenvalue weighted by Gasteiger charge is 2.45. The predicted molar refractivity (Wildman–Crippen MR) is 82.7 cm³/mol. The Hall–Kier alpha value is -2.28. The fraction of sp³-hybridized carbons (Fsp3) is 0.353. The van der Waals surface area contributed by atoms with Gasteiger partial charge in [0.1, 0.15) is 5.75 Å². The van der Waals surface area contributed by atoms with Crippen molar-refractivity contribution >= 4 is 5.78 Å². The van der Waals surface area contributed by atoms with E-state index < -0.39 is 23.3 Å². The molecule has 0 fully saturated rings. The highest BCUT2D eigenvalue weighted by Crippen LogP contribution is 2.41. The van der Waals surface area contributed by atoms with Crippen molar-refractivity contribution in [1.29, 1.82) is 0 Å². The monoisotopic (exact) mass is 338 g/mol. The number of halogens is 3. The van der Waals surface area contributed by atoms with Gasteiger partial charge in [0.25, 0.3) is 5.78 Å². The lowest BCUT2D eigenvalue weighted by atomic mass is 9.99. The Balaban J connectivity index is 2.24. The number of carbonyl (C=O) groups is 1. The van der Waals surface area contributed by atoms with E-state index in [-0.39, 0.29) is 0 Å². The molecule has 0 amide bonds. The third-order valence-electron chi connectivity index (χ3n) is 3.97. The van der Waals surface area contributed by atoms with E-state index in [9.17, 15) is 18.0 Å². The van der Waals surface area contributed by atoms with E-state index in [1.165, 1.54) is 16.7 Å². The van der Waals surface area contributed by atoms with Crippen LogP contribution in [0.5, 0.6) is 5.75 Å². The molecule has 128 valence electrons. The Morgan fingerprint density at radius 3 is 2.50 bits per heavy atom. The van der Waals surface area contributed by atoms with E-state index in [0.717, 1.165) is 0 Å². The molecule has 1 aromatic carbocycles. The normalized spacial score (nSPS) is 19.6. The van der Waals surface area contributed by atoms with Gasteiger partial charge in [0, 0.05) is 6.54 Å². The average Bonchev–Trinajstić information content (AvgIpc) is 2.90. The highest BCUT2D eigenvalue weighted by atomic mass is 19.4. The first-order valence-corrected chi connectivity index (χ1v) is 7.40. The number of para-hydroxylation sites is 2. The molecular weight excluding hydrogens is 321 g/mol. The number of ketones is 1. The number of Topliss-reactive ketones (excluding diaryl/α,β-unsaturated/α-hetero) is 1. The van der Waals surface area contributed by atoms with Crippen LogP contribution in [0.1, 0.15) is 23.1 Å². The Morgan fingerprint density at radius 1 is 1.21 bits per heavy atom. The number of alkyl halides is 3. The molecule has 0 aliphatic carbocycles. The average molecular weight is 338 g/mol. The van der Waals surface area contributed by atoms with Gasteiger partial charge in [-0.25, -0.2) is 0 Å². The molecule has 1 aromatic heterocycles. The number of carbonyl (C=O) groups excluding carboxylic acids is 1. The summed E-state index contributed by atoms with van der Waals surface area (Å²) < 4.78 is 46.3. The summed E-state index contributed by atoms with van der Waals surface area (Å²) in [6, 6.07) is 9.51. The molecule has 0 N–H and O–H groups in total. The quantitative estimate of drug-likeness (QED) is 0.805. The van der Waals surface area contributed by atoms with Crippen LogP contribution in [0.4, 0.5) is 13.2 Å². The number of hydrogen-bond acceptors (Lipinski definition) is 3. The lowest BCUT2D eigenvalue weighted by Crippen LogP contribution is -2.44. The van der Waals surface area contributed by atoms with E-state index in [1.807, 2.05) is 19.0 Å². The van der Waals surface area contributed by atoms with Crippen molar-refractivity contribution in [3.63, 3.8) is 0 Å². The zero-order valence-electron chi connectivity index (χ0n) is 13.5. The third-order valence-corrected chi connectivity index (χ3v) is 3.97. The molecule has 0 radical (unpaired) electrons. The number of rotatable bonds is 3. The lowest BCUT2D eigenvalue weighted by molar-refractivity contribution is -0.0890. The molecule has 3 rings (SSSR count). The van der Waals surface area contributed by atoms with Crippen molar-refractivity contribution in [1.82, 2.24) is 9.47 Å². The van der Waals surface area contributed by atoms with Gasteiger partial charge in [-0.1, -0.05) is 12.1 Å². The van der Waals surface area contributed by atoms with Gasteiger partial charge in [-0.2, -0.15) is 13.2 Å².